The van der Waals surface area contributed by atoms with Crippen molar-refractivity contribution < 1.29 is 4.74 Å². The lowest BCUT2D eigenvalue weighted by atomic mass is 10.2. The van der Waals surface area contributed by atoms with E-state index in [1.165, 1.54) is 12.8 Å². The zero-order chi connectivity index (χ0) is 11.1. The Morgan fingerprint density at radius 2 is 2.27 bits per heavy atom. The number of hydrogen-bond acceptors (Lipinski definition) is 3. The SMILES string of the molecule is CC(C)COCCN=C(NN)NC1CC1. The highest BCUT2D eigenvalue weighted by atomic mass is 16.5. The summed E-state index contributed by atoms with van der Waals surface area (Å²) in [5.41, 5.74) is 2.56. The number of rotatable bonds is 6. The molecule has 88 valence electrons. The minimum Gasteiger partial charge on any atom is -0.379 e. The van der Waals surface area contributed by atoms with Crippen molar-refractivity contribution in [3.8, 4) is 0 Å². The van der Waals surface area contributed by atoms with Crippen molar-refractivity contribution in [2.75, 3.05) is 19.8 Å². The molecule has 0 aromatic heterocycles. The molecule has 1 fully saturated rings. The highest BCUT2D eigenvalue weighted by Crippen LogP contribution is 2.18. The van der Waals surface area contributed by atoms with E-state index >= 15 is 0 Å². The van der Waals surface area contributed by atoms with Crippen molar-refractivity contribution in [3.63, 3.8) is 0 Å². The molecule has 0 radical (unpaired) electrons. The van der Waals surface area contributed by atoms with E-state index < -0.39 is 0 Å². The fourth-order valence-electron chi connectivity index (χ4n) is 1.10. The molecule has 0 saturated heterocycles. The molecule has 1 aliphatic rings. The lowest BCUT2D eigenvalue weighted by Crippen LogP contribution is -2.42. The predicted octanol–water partition coefficient (Wildman–Crippen LogP) is 0.230. The summed E-state index contributed by atoms with van der Waals surface area (Å²) in [5.74, 6) is 6.57. The molecule has 1 saturated carbocycles. The van der Waals surface area contributed by atoms with Crippen LogP contribution in [0, 0.1) is 5.92 Å². The second-order valence-electron chi connectivity index (χ2n) is 4.26. The lowest BCUT2D eigenvalue weighted by Gasteiger charge is -2.08. The van der Waals surface area contributed by atoms with Crippen LogP contribution in [0.15, 0.2) is 4.99 Å². The minimum atomic E-state index is 0.566. The van der Waals surface area contributed by atoms with Crippen LogP contribution in [0.4, 0.5) is 0 Å². The number of guanidine groups is 1. The van der Waals surface area contributed by atoms with Gasteiger partial charge in [0.25, 0.3) is 0 Å². The Morgan fingerprint density at radius 3 is 2.80 bits per heavy atom. The maximum absolute atomic E-state index is 5.41. The normalized spacial score (nSPS) is 16.9. The van der Waals surface area contributed by atoms with Crippen molar-refractivity contribution in [2.45, 2.75) is 32.7 Å². The Hall–Kier alpha value is -0.810. The van der Waals surface area contributed by atoms with Crippen LogP contribution in [0.1, 0.15) is 26.7 Å². The van der Waals surface area contributed by atoms with Crippen molar-refractivity contribution >= 4 is 5.96 Å². The van der Waals surface area contributed by atoms with Gasteiger partial charge in [-0.15, -0.1) is 0 Å². The first-order chi connectivity index (χ1) is 7.22. The molecule has 5 heteroatoms. The van der Waals surface area contributed by atoms with Gasteiger partial charge in [-0.3, -0.25) is 5.43 Å². The Balaban J connectivity index is 2.05. The van der Waals surface area contributed by atoms with E-state index in [1.54, 1.807) is 0 Å². The third kappa shape index (κ3) is 6.30. The monoisotopic (exact) mass is 214 g/mol. The van der Waals surface area contributed by atoms with Gasteiger partial charge in [-0.05, 0) is 18.8 Å². The molecule has 0 heterocycles. The van der Waals surface area contributed by atoms with E-state index in [-0.39, 0.29) is 0 Å². The summed E-state index contributed by atoms with van der Waals surface area (Å²) in [5, 5.41) is 3.20. The van der Waals surface area contributed by atoms with E-state index in [4.69, 9.17) is 10.6 Å². The van der Waals surface area contributed by atoms with Gasteiger partial charge in [-0.25, -0.2) is 10.8 Å². The smallest absolute Gasteiger partial charge is 0.206 e. The molecule has 0 spiro atoms. The zero-order valence-corrected chi connectivity index (χ0v) is 9.62. The highest BCUT2D eigenvalue weighted by molar-refractivity contribution is 5.79. The predicted molar refractivity (Wildman–Crippen MR) is 61.4 cm³/mol. The van der Waals surface area contributed by atoms with Crippen molar-refractivity contribution in [1.82, 2.24) is 10.7 Å². The summed E-state index contributed by atoms with van der Waals surface area (Å²) in [4.78, 5) is 4.26. The Labute approximate surface area is 91.4 Å². The van der Waals surface area contributed by atoms with Crippen molar-refractivity contribution in [2.24, 2.45) is 16.8 Å². The van der Waals surface area contributed by atoms with Gasteiger partial charge in [-0.2, -0.15) is 0 Å². The first-order valence-corrected chi connectivity index (χ1v) is 5.57. The molecule has 5 nitrogen and oxygen atoms in total. The summed E-state index contributed by atoms with van der Waals surface area (Å²) >= 11 is 0. The van der Waals surface area contributed by atoms with Crippen LogP contribution in [-0.2, 0) is 4.74 Å². The van der Waals surface area contributed by atoms with Crippen LogP contribution in [0.5, 0.6) is 0 Å². The summed E-state index contributed by atoms with van der Waals surface area (Å²) in [6, 6.07) is 0.566. The zero-order valence-electron chi connectivity index (χ0n) is 9.62. The summed E-state index contributed by atoms with van der Waals surface area (Å²) < 4.78 is 5.41. The van der Waals surface area contributed by atoms with Crippen LogP contribution in [0.25, 0.3) is 0 Å². The van der Waals surface area contributed by atoms with E-state index in [9.17, 15) is 0 Å². The number of aliphatic imine (C=N–C) groups is 1. The molecule has 0 atom stereocenters. The maximum atomic E-state index is 5.41. The number of ether oxygens (including phenoxy) is 1. The van der Waals surface area contributed by atoms with Crippen LogP contribution in [0.2, 0.25) is 0 Å². The summed E-state index contributed by atoms with van der Waals surface area (Å²) in [7, 11) is 0. The highest BCUT2D eigenvalue weighted by Gasteiger charge is 2.21. The molecule has 4 N–H and O–H groups in total. The van der Waals surface area contributed by atoms with Gasteiger partial charge < -0.3 is 10.1 Å². The molecule has 0 unspecified atom stereocenters. The van der Waals surface area contributed by atoms with Gasteiger partial charge in [0, 0.05) is 12.6 Å². The largest absolute Gasteiger partial charge is 0.379 e. The van der Waals surface area contributed by atoms with Gasteiger partial charge in [-0.1, -0.05) is 13.8 Å². The quantitative estimate of drug-likeness (QED) is 0.195. The number of nitrogens with two attached hydrogens (primary N) is 1. The number of hydrazine groups is 1. The molecule has 0 aromatic carbocycles. The van der Waals surface area contributed by atoms with Crippen LogP contribution in [0.3, 0.4) is 0 Å². The van der Waals surface area contributed by atoms with Crippen LogP contribution < -0.4 is 16.6 Å². The van der Waals surface area contributed by atoms with E-state index in [0.29, 0.717) is 31.1 Å². The third-order valence-electron chi connectivity index (χ3n) is 2.01. The maximum Gasteiger partial charge on any atom is 0.206 e. The number of nitrogens with zero attached hydrogens (tertiary/aromatic N) is 1. The Morgan fingerprint density at radius 1 is 1.53 bits per heavy atom. The van der Waals surface area contributed by atoms with Gasteiger partial charge in [0.1, 0.15) is 0 Å². The fraction of sp³-hybridized carbons (Fsp3) is 0.900. The molecule has 1 rings (SSSR count). The van der Waals surface area contributed by atoms with Gasteiger partial charge in [0.15, 0.2) is 0 Å². The number of hydrogen-bond donors (Lipinski definition) is 3. The summed E-state index contributed by atoms with van der Waals surface area (Å²) in [6.45, 7) is 6.34. The molecular weight excluding hydrogens is 192 g/mol. The Kier molecular flexibility index (Phi) is 5.42. The lowest BCUT2D eigenvalue weighted by molar-refractivity contribution is 0.117. The molecular formula is C10H22N4O. The topological polar surface area (TPSA) is 71.7 Å². The second-order valence-corrected chi connectivity index (χ2v) is 4.26. The third-order valence-corrected chi connectivity index (χ3v) is 2.01. The van der Waals surface area contributed by atoms with Crippen molar-refractivity contribution in [1.29, 1.82) is 0 Å². The standard InChI is InChI=1S/C10H22N4O/c1-8(2)7-15-6-5-12-10(14-11)13-9-3-4-9/h8-9H,3-7,11H2,1-2H3,(H2,12,13,14). The second kappa shape index (κ2) is 6.63. The van der Waals surface area contributed by atoms with Crippen molar-refractivity contribution in [3.05, 3.63) is 0 Å². The van der Waals surface area contributed by atoms with Crippen LogP contribution in [-0.4, -0.2) is 31.8 Å². The summed E-state index contributed by atoms with van der Waals surface area (Å²) in [6.07, 6.45) is 2.43. The molecule has 0 bridgehead atoms. The molecule has 0 aromatic rings. The first-order valence-electron chi connectivity index (χ1n) is 5.57. The minimum absolute atomic E-state index is 0.566. The van der Waals surface area contributed by atoms with E-state index in [1.807, 2.05) is 0 Å². The fourth-order valence-corrected chi connectivity index (χ4v) is 1.10. The molecule has 1 aliphatic carbocycles. The van der Waals surface area contributed by atoms with Gasteiger partial charge in [0.05, 0.1) is 13.2 Å². The van der Waals surface area contributed by atoms with E-state index in [0.717, 1.165) is 6.61 Å². The molecule has 0 aliphatic heterocycles. The van der Waals surface area contributed by atoms with E-state index in [2.05, 4.69) is 29.6 Å². The average molecular weight is 214 g/mol. The van der Waals surface area contributed by atoms with Gasteiger partial charge in [0.2, 0.25) is 5.96 Å². The first kappa shape index (κ1) is 12.3. The molecule has 0 amide bonds. The average Bonchev–Trinajstić information content (AvgIpc) is 2.99. The van der Waals surface area contributed by atoms with Crippen LogP contribution >= 0.6 is 0 Å². The molecule has 15 heavy (non-hydrogen) atoms. The number of nitrogens with one attached hydrogen (secondary N) is 2. The van der Waals surface area contributed by atoms with Gasteiger partial charge >= 0.3 is 0 Å². The Bertz CT molecular complexity index is 202.